The number of hydroxylamine groups is 2. The van der Waals surface area contributed by atoms with Crippen molar-refractivity contribution in [3.63, 3.8) is 0 Å². The maximum Gasteiger partial charge on any atom is 0.363 e. The Bertz CT molecular complexity index is 333. The molecular formula is C7H13N2O6P. The lowest BCUT2D eigenvalue weighted by atomic mass is 10.4. The second-order valence-corrected chi connectivity index (χ2v) is 5.05. The number of carbonyl (C=O) groups is 2. The molecule has 1 aliphatic rings. The smallest absolute Gasteiger partial charge is 0.363 e. The molecule has 1 saturated heterocycles. The SMILES string of the molecule is O=C(O)CNCP(=O)(O)ON1CCCC1=O. The summed E-state index contributed by atoms with van der Waals surface area (Å²) in [6.07, 6.45) is 0.368. The van der Waals surface area contributed by atoms with Crippen molar-refractivity contribution < 1.29 is 28.8 Å². The average Bonchev–Trinajstić information content (AvgIpc) is 2.50. The number of carboxylic acids is 1. The van der Waals surface area contributed by atoms with Crippen molar-refractivity contribution in [1.29, 1.82) is 0 Å². The molecule has 9 heteroatoms. The van der Waals surface area contributed by atoms with E-state index in [0.29, 0.717) is 12.8 Å². The first-order chi connectivity index (χ1) is 7.41. The van der Waals surface area contributed by atoms with Crippen molar-refractivity contribution in [3.05, 3.63) is 0 Å². The van der Waals surface area contributed by atoms with E-state index in [2.05, 4.69) is 9.94 Å². The standard InChI is InChI=1S/C7H13N2O6P/c10-6-2-1-3-9(6)15-16(13,14)5-8-4-7(11)12/h8H,1-5H2,(H,11,12)(H,13,14). The third-order valence-electron chi connectivity index (χ3n) is 1.84. The highest BCUT2D eigenvalue weighted by molar-refractivity contribution is 7.52. The Morgan fingerprint density at radius 1 is 1.62 bits per heavy atom. The molecule has 1 unspecified atom stereocenters. The summed E-state index contributed by atoms with van der Waals surface area (Å²) in [7, 11) is -4.00. The highest BCUT2D eigenvalue weighted by atomic mass is 31.2. The number of aliphatic carboxylic acids is 1. The van der Waals surface area contributed by atoms with Crippen molar-refractivity contribution in [1.82, 2.24) is 10.4 Å². The maximum absolute atomic E-state index is 11.4. The van der Waals surface area contributed by atoms with Crippen molar-refractivity contribution >= 4 is 19.5 Å². The molecule has 0 spiro atoms. The Hall–Kier alpha value is -0.950. The molecule has 1 atom stereocenters. The van der Waals surface area contributed by atoms with Crippen LogP contribution in [-0.4, -0.2) is 46.3 Å². The zero-order valence-electron chi connectivity index (χ0n) is 8.46. The fraction of sp³-hybridized carbons (Fsp3) is 0.714. The van der Waals surface area contributed by atoms with E-state index in [9.17, 15) is 19.0 Å². The molecule has 0 aromatic heterocycles. The van der Waals surface area contributed by atoms with Gasteiger partial charge in [-0.3, -0.25) is 19.5 Å². The molecule has 1 rings (SSSR count). The summed E-state index contributed by atoms with van der Waals surface area (Å²) in [6, 6.07) is 0. The van der Waals surface area contributed by atoms with E-state index in [1.807, 2.05) is 0 Å². The second kappa shape index (κ2) is 5.40. The van der Waals surface area contributed by atoms with Crippen LogP contribution in [0.15, 0.2) is 0 Å². The van der Waals surface area contributed by atoms with Gasteiger partial charge < -0.3 is 10.00 Å². The number of amides is 1. The Balaban J connectivity index is 2.36. The van der Waals surface area contributed by atoms with Crippen LogP contribution in [0.3, 0.4) is 0 Å². The van der Waals surface area contributed by atoms with Gasteiger partial charge in [0.2, 0.25) is 5.91 Å². The predicted molar refractivity (Wildman–Crippen MR) is 52.4 cm³/mol. The molecule has 0 aromatic carbocycles. The van der Waals surface area contributed by atoms with E-state index in [4.69, 9.17) is 5.11 Å². The predicted octanol–water partition coefficient (Wildman–Crippen LogP) is -0.643. The first-order valence-corrected chi connectivity index (χ1v) is 6.41. The van der Waals surface area contributed by atoms with Gasteiger partial charge in [0.05, 0.1) is 6.54 Å². The lowest BCUT2D eigenvalue weighted by molar-refractivity contribution is -0.151. The largest absolute Gasteiger partial charge is 0.480 e. The minimum atomic E-state index is -4.00. The highest BCUT2D eigenvalue weighted by Crippen LogP contribution is 2.42. The van der Waals surface area contributed by atoms with E-state index in [1.165, 1.54) is 0 Å². The minimum absolute atomic E-state index is 0.280. The lowest BCUT2D eigenvalue weighted by Gasteiger charge is -2.19. The summed E-state index contributed by atoms with van der Waals surface area (Å²) in [5, 5.41) is 11.4. The van der Waals surface area contributed by atoms with Gasteiger partial charge in [0.15, 0.2) is 0 Å². The third kappa shape index (κ3) is 4.28. The normalized spacial score (nSPS) is 19.8. The number of carboxylic acid groups (broad SMARTS) is 1. The Morgan fingerprint density at radius 2 is 2.31 bits per heavy atom. The molecule has 0 bridgehead atoms. The number of nitrogens with one attached hydrogen (secondary N) is 1. The quantitative estimate of drug-likeness (QED) is 0.538. The molecule has 1 amide bonds. The van der Waals surface area contributed by atoms with Gasteiger partial charge in [-0.05, 0) is 6.42 Å². The monoisotopic (exact) mass is 252 g/mol. The molecule has 16 heavy (non-hydrogen) atoms. The highest BCUT2D eigenvalue weighted by Gasteiger charge is 2.30. The van der Waals surface area contributed by atoms with Crippen LogP contribution in [0.25, 0.3) is 0 Å². The van der Waals surface area contributed by atoms with Crippen molar-refractivity contribution in [2.75, 3.05) is 19.4 Å². The van der Waals surface area contributed by atoms with Crippen LogP contribution in [0.1, 0.15) is 12.8 Å². The molecule has 1 heterocycles. The fourth-order valence-electron chi connectivity index (χ4n) is 1.20. The van der Waals surface area contributed by atoms with Gasteiger partial charge >= 0.3 is 13.6 Å². The molecule has 0 radical (unpaired) electrons. The van der Waals surface area contributed by atoms with E-state index in [0.717, 1.165) is 5.06 Å². The van der Waals surface area contributed by atoms with E-state index >= 15 is 0 Å². The summed E-state index contributed by atoms with van der Waals surface area (Å²) in [4.78, 5) is 30.5. The van der Waals surface area contributed by atoms with Crippen LogP contribution in [-0.2, 0) is 18.8 Å². The van der Waals surface area contributed by atoms with Gasteiger partial charge in [-0.15, -0.1) is 0 Å². The third-order valence-corrected chi connectivity index (χ3v) is 2.92. The molecule has 0 aliphatic carbocycles. The topological polar surface area (TPSA) is 116 Å². The van der Waals surface area contributed by atoms with E-state index < -0.39 is 26.4 Å². The number of hydrogen-bond donors (Lipinski definition) is 3. The van der Waals surface area contributed by atoms with Crippen molar-refractivity contribution in [2.24, 2.45) is 0 Å². The van der Waals surface area contributed by atoms with E-state index in [1.54, 1.807) is 0 Å². The van der Waals surface area contributed by atoms with Gasteiger partial charge in [-0.25, -0.2) is 5.06 Å². The van der Waals surface area contributed by atoms with Gasteiger partial charge in [0.25, 0.3) is 0 Å². The van der Waals surface area contributed by atoms with Crippen molar-refractivity contribution in [3.8, 4) is 0 Å². The van der Waals surface area contributed by atoms with Gasteiger partial charge in [-0.2, -0.15) is 4.62 Å². The lowest BCUT2D eigenvalue weighted by Crippen LogP contribution is -2.28. The summed E-state index contributed by atoms with van der Waals surface area (Å²) < 4.78 is 16.0. The number of carbonyl (C=O) groups excluding carboxylic acids is 1. The zero-order valence-corrected chi connectivity index (χ0v) is 9.35. The molecule has 1 aliphatic heterocycles. The van der Waals surface area contributed by atoms with Crippen molar-refractivity contribution in [2.45, 2.75) is 12.8 Å². The summed E-state index contributed by atoms with van der Waals surface area (Å²) >= 11 is 0. The second-order valence-electron chi connectivity index (χ2n) is 3.30. The zero-order chi connectivity index (χ0) is 12.2. The Morgan fingerprint density at radius 3 is 2.81 bits per heavy atom. The average molecular weight is 252 g/mol. The molecule has 0 saturated carbocycles. The molecular weight excluding hydrogens is 239 g/mol. The minimum Gasteiger partial charge on any atom is -0.480 e. The first kappa shape index (κ1) is 13.1. The molecule has 1 fully saturated rings. The number of hydrogen-bond acceptors (Lipinski definition) is 5. The van der Waals surface area contributed by atoms with Gasteiger partial charge in [0.1, 0.15) is 6.29 Å². The first-order valence-electron chi connectivity index (χ1n) is 4.65. The van der Waals surface area contributed by atoms with Gasteiger partial charge in [0, 0.05) is 13.0 Å². The van der Waals surface area contributed by atoms with Crippen LogP contribution in [0.5, 0.6) is 0 Å². The maximum atomic E-state index is 11.4. The van der Waals surface area contributed by atoms with Gasteiger partial charge in [-0.1, -0.05) is 0 Å². The molecule has 8 nitrogen and oxygen atoms in total. The number of nitrogens with zero attached hydrogens (tertiary/aromatic N) is 1. The Labute approximate surface area is 91.7 Å². The fourth-order valence-corrected chi connectivity index (χ4v) is 2.13. The summed E-state index contributed by atoms with van der Waals surface area (Å²) in [5.41, 5.74) is 0. The van der Waals surface area contributed by atoms with Crippen LogP contribution >= 0.6 is 7.60 Å². The van der Waals surface area contributed by atoms with E-state index in [-0.39, 0.29) is 12.5 Å². The molecule has 0 aromatic rings. The Kier molecular flexibility index (Phi) is 4.43. The molecule has 3 N–H and O–H groups in total. The molecule has 92 valence electrons. The van der Waals surface area contributed by atoms with Crippen LogP contribution in [0.2, 0.25) is 0 Å². The van der Waals surface area contributed by atoms with Crippen LogP contribution in [0.4, 0.5) is 0 Å². The summed E-state index contributed by atoms with van der Waals surface area (Å²) in [6.45, 7) is -0.163. The summed E-state index contributed by atoms with van der Waals surface area (Å²) in [5.74, 6) is -1.48. The van der Waals surface area contributed by atoms with Crippen LogP contribution < -0.4 is 5.32 Å². The van der Waals surface area contributed by atoms with Crippen LogP contribution in [0, 0.1) is 0 Å². The number of rotatable bonds is 6.